The quantitative estimate of drug-likeness (QED) is 0.440. The highest BCUT2D eigenvalue weighted by atomic mass is 35.5. The molecule has 0 aromatic carbocycles. The van der Waals surface area contributed by atoms with Crippen LogP contribution in [0.2, 0.25) is 5.15 Å². The first-order valence-electron chi connectivity index (χ1n) is 6.76. The first-order valence-corrected chi connectivity index (χ1v) is 7.14. The number of esters is 1. The van der Waals surface area contributed by atoms with Crippen molar-refractivity contribution in [2.75, 3.05) is 33.5 Å². The van der Waals surface area contributed by atoms with Crippen LogP contribution >= 0.6 is 11.6 Å². The van der Waals surface area contributed by atoms with E-state index in [1.54, 1.807) is 13.2 Å². The van der Waals surface area contributed by atoms with E-state index < -0.39 is 5.97 Å². The number of methoxy groups -OCH3 is 1. The molecule has 0 amide bonds. The Hall–Kier alpha value is -1.17. The van der Waals surface area contributed by atoms with Crippen LogP contribution in [0.1, 0.15) is 36.8 Å². The molecule has 1 aromatic heterocycles. The summed E-state index contributed by atoms with van der Waals surface area (Å²) in [5.41, 5.74) is 0.957. The van der Waals surface area contributed by atoms with Gasteiger partial charge in [0.15, 0.2) is 0 Å². The number of aromatic nitrogens is 1. The topological polar surface area (TPSA) is 57.7 Å². The number of pyridine rings is 1. The molecule has 0 aliphatic carbocycles. The molecule has 0 aliphatic rings. The third-order valence-corrected chi connectivity index (χ3v) is 2.88. The Morgan fingerprint density at radius 1 is 1.19 bits per heavy atom. The summed E-state index contributed by atoms with van der Waals surface area (Å²) in [6, 6.07) is 3.21. The van der Waals surface area contributed by atoms with Gasteiger partial charge in [0, 0.05) is 18.2 Å². The molecule has 0 bridgehead atoms. The predicted molar refractivity (Wildman–Crippen MR) is 80.9 cm³/mol. The molecule has 6 heteroatoms. The number of ether oxygens (including phenoxy) is 3. The molecule has 0 spiro atoms. The molecule has 21 heavy (non-hydrogen) atoms. The SMILES string of the molecule is COCCOCCOC(=O)c1cc(Cl)nc(C(C)(C)C)c1. The Labute approximate surface area is 130 Å². The van der Waals surface area contributed by atoms with Crippen molar-refractivity contribution in [1.29, 1.82) is 0 Å². The average Bonchev–Trinajstić information content (AvgIpc) is 2.40. The molecular weight excluding hydrogens is 294 g/mol. The van der Waals surface area contributed by atoms with E-state index >= 15 is 0 Å². The van der Waals surface area contributed by atoms with Crippen molar-refractivity contribution in [2.45, 2.75) is 26.2 Å². The average molecular weight is 316 g/mol. The second-order valence-electron chi connectivity index (χ2n) is 5.55. The highest BCUT2D eigenvalue weighted by molar-refractivity contribution is 6.29. The Balaban J connectivity index is 2.56. The van der Waals surface area contributed by atoms with E-state index in [4.69, 9.17) is 25.8 Å². The number of nitrogens with zero attached hydrogens (tertiary/aromatic N) is 1. The van der Waals surface area contributed by atoms with Gasteiger partial charge in [-0.2, -0.15) is 0 Å². The van der Waals surface area contributed by atoms with Gasteiger partial charge >= 0.3 is 5.97 Å². The van der Waals surface area contributed by atoms with E-state index in [1.807, 2.05) is 20.8 Å². The summed E-state index contributed by atoms with van der Waals surface area (Å²) in [6.45, 7) is 7.53. The van der Waals surface area contributed by atoms with Crippen molar-refractivity contribution >= 4 is 17.6 Å². The van der Waals surface area contributed by atoms with Gasteiger partial charge in [-0.05, 0) is 12.1 Å². The number of carbonyl (C=O) groups is 1. The fourth-order valence-corrected chi connectivity index (χ4v) is 1.73. The zero-order valence-electron chi connectivity index (χ0n) is 12.9. The molecule has 118 valence electrons. The maximum atomic E-state index is 12.0. The van der Waals surface area contributed by atoms with Crippen molar-refractivity contribution in [2.24, 2.45) is 0 Å². The van der Waals surface area contributed by atoms with Gasteiger partial charge in [-0.15, -0.1) is 0 Å². The van der Waals surface area contributed by atoms with E-state index in [-0.39, 0.29) is 17.2 Å². The maximum Gasteiger partial charge on any atom is 0.338 e. The van der Waals surface area contributed by atoms with E-state index in [2.05, 4.69) is 4.98 Å². The van der Waals surface area contributed by atoms with Gasteiger partial charge < -0.3 is 14.2 Å². The van der Waals surface area contributed by atoms with Crippen molar-refractivity contribution in [3.05, 3.63) is 28.5 Å². The van der Waals surface area contributed by atoms with Crippen LogP contribution in [0.4, 0.5) is 0 Å². The van der Waals surface area contributed by atoms with Gasteiger partial charge in [0.25, 0.3) is 0 Å². The molecule has 0 atom stereocenters. The molecule has 5 nitrogen and oxygen atoms in total. The van der Waals surface area contributed by atoms with E-state index in [9.17, 15) is 4.79 Å². The molecule has 1 rings (SSSR count). The molecule has 0 saturated heterocycles. The van der Waals surface area contributed by atoms with Crippen LogP contribution in [0.5, 0.6) is 0 Å². The van der Waals surface area contributed by atoms with Gasteiger partial charge in [-0.25, -0.2) is 9.78 Å². The van der Waals surface area contributed by atoms with E-state index in [0.717, 1.165) is 5.69 Å². The summed E-state index contributed by atoms with van der Waals surface area (Å²) < 4.78 is 15.2. The van der Waals surface area contributed by atoms with Crippen LogP contribution < -0.4 is 0 Å². The highest BCUT2D eigenvalue weighted by Gasteiger charge is 2.19. The number of hydrogen-bond acceptors (Lipinski definition) is 5. The van der Waals surface area contributed by atoms with Crippen molar-refractivity contribution in [3.63, 3.8) is 0 Å². The number of rotatable bonds is 7. The van der Waals surface area contributed by atoms with Crippen LogP contribution in [-0.2, 0) is 19.6 Å². The lowest BCUT2D eigenvalue weighted by Gasteiger charge is -2.18. The number of carbonyl (C=O) groups excluding carboxylic acids is 1. The standard InChI is InChI=1S/C15H22ClNO4/c1-15(2,3)12-9-11(10-13(16)17-12)14(18)21-8-7-20-6-5-19-4/h9-10H,5-8H2,1-4H3. The minimum Gasteiger partial charge on any atom is -0.460 e. The first kappa shape index (κ1) is 17.9. The minimum absolute atomic E-state index is 0.188. The summed E-state index contributed by atoms with van der Waals surface area (Å²) in [5.74, 6) is -0.430. The largest absolute Gasteiger partial charge is 0.460 e. The lowest BCUT2D eigenvalue weighted by molar-refractivity contribution is 0.0213. The van der Waals surface area contributed by atoms with E-state index in [1.165, 1.54) is 6.07 Å². The molecule has 1 aromatic rings. The number of halogens is 1. The van der Waals surface area contributed by atoms with Gasteiger partial charge in [-0.3, -0.25) is 0 Å². The summed E-state index contributed by atoms with van der Waals surface area (Å²) >= 11 is 5.96. The fourth-order valence-electron chi connectivity index (χ4n) is 1.52. The smallest absolute Gasteiger partial charge is 0.338 e. The van der Waals surface area contributed by atoms with Crippen LogP contribution in [0.25, 0.3) is 0 Å². The minimum atomic E-state index is -0.430. The molecule has 0 saturated carbocycles. The molecule has 0 unspecified atom stereocenters. The highest BCUT2D eigenvalue weighted by Crippen LogP contribution is 2.23. The van der Waals surface area contributed by atoms with Crippen LogP contribution in [0.15, 0.2) is 12.1 Å². The normalized spacial score (nSPS) is 11.5. The molecule has 0 radical (unpaired) electrons. The lowest BCUT2D eigenvalue weighted by Crippen LogP contribution is -2.17. The zero-order valence-corrected chi connectivity index (χ0v) is 13.7. The second-order valence-corrected chi connectivity index (χ2v) is 5.94. The third kappa shape index (κ3) is 6.42. The third-order valence-electron chi connectivity index (χ3n) is 2.69. The predicted octanol–water partition coefficient (Wildman–Crippen LogP) is 2.85. The summed E-state index contributed by atoms with van der Waals surface area (Å²) in [7, 11) is 1.60. The molecule has 0 aliphatic heterocycles. The Morgan fingerprint density at radius 2 is 1.86 bits per heavy atom. The van der Waals surface area contributed by atoms with Crippen LogP contribution in [0.3, 0.4) is 0 Å². The van der Waals surface area contributed by atoms with Crippen LogP contribution in [-0.4, -0.2) is 44.5 Å². The lowest BCUT2D eigenvalue weighted by atomic mass is 9.91. The molecule has 0 fully saturated rings. The molecule has 1 heterocycles. The van der Waals surface area contributed by atoms with Gasteiger partial charge in [0.1, 0.15) is 11.8 Å². The molecular formula is C15H22ClNO4. The van der Waals surface area contributed by atoms with Crippen molar-refractivity contribution in [1.82, 2.24) is 4.98 Å². The zero-order chi connectivity index (χ0) is 15.9. The van der Waals surface area contributed by atoms with E-state index in [0.29, 0.717) is 25.4 Å². The van der Waals surface area contributed by atoms with Gasteiger partial charge in [-0.1, -0.05) is 32.4 Å². The Bertz CT molecular complexity index is 471. The summed E-state index contributed by atoms with van der Waals surface area (Å²) in [5, 5.41) is 0.283. The summed E-state index contributed by atoms with van der Waals surface area (Å²) in [6.07, 6.45) is 0. The maximum absolute atomic E-state index is 12.0. The van der Waals surface area contributed by atoms with Crippen molar-refractivity contribution < 1.29 is 19.0 Å². The second kappa shape index (κ2) is 8.32. The Morgan fingerprint density at radius 3 is 2.48 bits per heavy atom. The van der Waals surface area contributed by atoms with Crippen LogP contribution in [0, 0.1) is 0 Å². The number of hydrogen-bond donors (Lipinski definition) is 0. The van der Waals surface area contributed by atoms with Gasteiger partial charge in [0.05, 0.1) is 25.4 Å². The fraction of sp³-hybridized carbons (Fsp3) is 0.600. The van der Waals surface area contributed by atoms with Crippen molar-refractivity contribution in [3.8, 4) is 0 Å². The first-order chi connectivity index (χ1) is 9.84. The molecule has 0 N–H and O–H groups in total. The van der Waals surface area contributed by atoms with Gasteiger partial charge in [0.2, 0.25) is 0 Å². The monoisotopic (exact) mass is 315 g/mol. The Kier molecular flexibility index (Phi) is 7.08. The summed E-state index contributed by atoms with van der Waals surface area (Å²) in [4.78, 5) is 16.2.